The first-order valence-corrected chi connectivity index (χ1v) is 11.0. The molecule has 30 heavy (non-hydrogen) atoms. The Morgan fingerprint density at radius 2 is 1.90 bits per heavy atom. The molecule has 1 saturated carbocycles. The Morgan fingerprint density at radius 3 is 2.53 bits per heavy atom. The van der Waals surface area contributed by atoms with E-state index in [1.165, 1.54) is 17.6 Å². The monoisotopic (exact) mass is 409 g/mol. The van der Waals surface area contributed by atoms with Crippen molar-refractivity contribution in [3.05, 3.63) is 35.9 Å². The van der Waals surface area contributed by atoms with Gasteiger partial charge in [0.2, 0.25) is 0 Å². The number of carbonyl (C=O) groups excluding carboxylic acids is 1. The molecular weight excluding hydrogens is 378 g/mol. The predicted molar refractivity (Wildman–Crippen MR) is 116 cm³/mol. The van der Waals surface area contributed by atoms with Crippen molar-refractivity contribution in [2.24, 2.45) is 17.3 Å². The Morgan fingerprint density at radius 1 is 1.17 bits per heavy atom. The summed E-state index contributed by atoms with van der Waals surface area (Å²) < 4.78 is 4.83. The number of fused-ring (bicyclic) bond motifs is 2. The molecule has 2 fully saturated rings. The second-order valence-corrected chi connectivity index (χ2v) is 10.5. The molecule has 4 heterocycles. The van der Waals surface area contributed by atoms with E-state index in [0.29, 0.717) is 23.4 Å². The van der Waals surface area contributed by atoms with Crippen LogP contribution in [0.4, 0.5) is 11.5 Å². The van der Waals surface area contributed by atoms with Crippen LogP contribution in [0.2, 0.25) is 0 Å². The van der Waals surface area contributed by atoms with Gasteiger partial charge >= 0.3 is 0 Å². The minimum absolute atomic E-state index is 0.00841. The largest absolute Gasteiger partial charge is 0.364 e. The third-order valence-corrected chi connectivity index (χ3v) is 6.74. The highest BCUT2D eigenvalue weighted by molar-refractivity contribution is 5.92. The first kappa shape index (κ1) is 19.4. The summed E-state index contributed by atoms with van der Waals surface area (Å²) in [4.78, 5) is 24.3. The molecule has 1 saturated heterocycles. The minimum Gasteiger partial charge on any atom is -0.364 e. The molecule has 0 bridgehead atoms. The molecular formula is C23H31N5O2. The van der Waals surface area contributed by atoms with E-state index in [0.717, 1.165) is 45.0 Å². The van der Waals surface area contributed by atoms with Crippen molar-refractivity contribution in [2.75, 3.05) is 43.2 Å². The Bertz CT molecular complexity index is 922. The van der Waals surface area contributed by atoms with E-state index < -0.39 is 0 Å². The van der Waals surface area contributed by atoms with Crippen molar-refractivity contribution in [3.8, 4) is 0 Å². The van der Waals surface area contributed by atoms with Crippen molar-refractivity contribution in [3.63, 3.8) is 0 Å². The van der Waals surface area contributed by atoms with Gasteiger partial charge in [0.1, 0.15) is 6.26 Å². The molecule has 7 nitrogen and oxygen atoms in total. The third-order valence-electron chi connectivity index (χ3n) is 6.74. The van der Waals surface area contributed by atoms with Gasteiger partial charge in [0.25, 0.3) is 5.91 Å². The zero-order chi connectivity index (χ0) is 21.0. The molecule has 0 spiro atoms. The molecule has 0 aromatic carbocycles. The number of hydrogen-bond acceptors (Lipinski definition) is 6. The maximum Gasteiger partial charge on any atom is 0.276 e. The fourth-order valence-corrected chi connectivity index (χ4v) is 5.51. The fraction of sp³-hybridized carbons (Fsp3) is 0.609. The number of pyridine rings is 1. The summed E-state index contributed by atoms with van der Waals surface area (Å²) in [6.07, 6.45) is 3.67. The van der Waals surface area contributed by atoms with Gasteiger partial charge in [0, 0.05) is 44.4 Å². The third kappa shape index (κ3) is 3.44. The smallest absolute Gasteiger partial charge is 0.276 e. The maximum absolute atomic E-state index is 12.6. The molecule has 1 aliphatic carbocycles. The van der Waals surface area contributed by atoms with E-state index in [2.05, 4.69) is 54.9 Å². The van der Waals surface area contributed by atoms with E-state index in [4.69, 9.17) is 9.51 Å². The van der Waals surface area contributed by atoms with Gasteiger partial charge in [-0.15, -0.1) is 0 Å². The van der Waals surface area contributed by atoms with E-state index in [1.807, 2.05) is 4.90 Å². The normalized spacial score (nSPS) is 25.7. The number of anilines is 2. The molecule has 2 aliphatic heterocycles. The molecule has 0 N–H and O–H groups in total. The van der Waals surface area contributed by atoms with Gasteiger partial charge in [0.15, 0.2) is 11.5 Å². The van der Waals surface area contributed by atoms with Crippen LogP contribution in [0, 0.1) is 17.3 Å². The lowest BCUT2D eigenvalue weighted by Crippen LogP contribution is -2.35. The predicted octanol–water partition coefficient (Wildman–Crippen LogP) is 3.60. The van der Waals surface area contributed by atoms with Crippen molar-refractivity contribution in [2.45, 2.75) is 39.5 Å². The van der Waals surface area contributed by atoms with Crippen LogP contribution in [0.5, 0.6) is 0 Å². The molecule has 7 heteroatoms. The topological polar surface area (TPSA) is 65.7 Å². The maximum atomic E-state index is 12.6. The van der Waals surface area contributed by atoms with Crippen LogP contribution >= 0.6 is 0 Å². The molecule has 2 aromatic rings. The molecule has 5 rings (SSSR count). The zero-order valence-electron chi connectivity index (χ0n) is 18.3. The number of likely N-dealkylation sites (tertiary alicyclic amines) is 1. The van der Waals surface area contributed by atoms with E-state index in [-0.39, 0.29) is 11.3 Å². The average molecular weight is 410 g/mol. The Balaban J connectivity index is 1.27. The van der Waals surface area contributed by atoms with Crippen LogP contribution in [0.15, 0.2) is 29.0 Å². The average Bonchev–Trinajstić information content (AvgIpc) is 3.43. The Hall–Kier alpha value is -2.57. The number of aromatic nitrogens is 2. The van der Waals surface area contributed by atoms with Gasteiger partial charge in [-0.25, -0.2) is 4.98 Å². The quantitative estimate of drug-likeness (QED) is 0.772. The zero-order valence-corrected chi connectivity index (χ0v) is 18.3. The SMILES string of the molecule is CN1CN(CC(C)(C)C)c2ccc(C3CC4CN(C(=O)c5ccon5)CC4C3)nc21. The molecule has 2 unspecified atom stereocenters. The second kappa shape index (κ2) is 7.00. The molecule has 2 aromatic heterocycles. The number of hydrogen-bond donors (Lipinski definition) is 0. The number of rotatable bonds is 3. The Labute approximate surface area is 178 Å². The van der Waals surface area contributed by atoms with Gasteiger partial charge in [-0.2, -0.15) is 0 Å². The van der Waals surface area contributed by atoms with Crippen molar-refractivity contribution in [1.82, 2.24) is 15.0 Å². The van der Waals surface area contributed by atoms with E-state index >= 15 is 0 Å². The minimum atomic E-state index is -0.00841. The number of amides is 1. The van der Waals surface area contributed by atoms with Gasteiger partial charge in [-0.1, -0.05) is 25.9 Å². The summed E-state index contributed by atoms with van der Waals surface area (Å²) >= 11 is 0. The van der Waals surface area contributed by atoms with Gasteiger partial charge in [-0.05, 0) is 42.2 Å². The highest BCUT2D eigenvalue weighted by Crippen LogP contribution is 2.47. The highest BCUT2D eigenvalue weighted by atomic mass is 16.5. The van der Waals surface area contributed by atoms with Crippen molar-refractivity contribution >= 4 is 17.4 Å². The standard InChI is InChI=1S/C23H31N5O2/c1-23(2,3)13-28-14-26(4)21-20(28)6-5-18(24-21)15-9-16-11-27(12-17(16)10-15)22(29)19-7-8-30-25-19/h5-8,15-17H,9-14H2,1-4H3. The van der Waals surface area contributed by atoms with Crippen molar-refractivity contribution in [1.29, 1.82) is 0 Å². The van der Waals surface area contributed by atoms with Gasteiger partial charge in [-0.3, -0.25) is 4.79 Å². The van der Waals surface area contributed by atoms with Crippen LogP contribution in [0.1, 0.15) is 55.7 Å². The van der Waals surface area contributed by atoms with Crippen LogP contribution in [0.25, 0.3) is 0 Å². The number of carbonyl (C=O) groups is 1. The molecule has 3 aliphatic rings. The first-order chi connectivity index (χ1) is 14.3. The lowest BCUT2D eigenvalue weighted by atomic mass is 9.96. The summed E-state index contributed by atoms with van der Waals surface area (Å²) in [6.45, 7) is 10.4. The molecule has 2 atom stereocenters. The first-order valence-electron chi connectivity index (χ1n) is 11.0. The lowest BCUT2D eigenvalue weighted by molar-refractivity contribution is 0.0769. The second-order valence-electron chi connectivity index (χ2n) is 10.5. The summed E-state index contributed by atoms with van der Waals surface area (Å²) in [7, 11) is 2.13. The summed E-state index contributed by atoms with van der Waals surface area (Å²) in [6, 6.07) is 6.15. The van der Waals surface area contributed by atoms with Crippen LogP contribution in [0.3, 0.4) is 0 Å². The van der Waals surface area contributed by atoms with E-state index in [9.17, 15) is 4.79 Å². The highest BCUT2D eigenvalue weighted by Gasteiger charge is 2.44. The van der Waals surface area contributed by atoms with Crippen LogP contribution in [-0.2, 0) is 0 Å². The molecule has 0 radical (unpaired) electrons. The van der Waals surface area contributed by atoms with E-state index in [1.54, 1.807) is 6.07 Å². The summed E-state index contributed by atoms with van der Waals surface area (Å²) in [5, 5.41) is 3.80. The Kier molecular flexibility index (Phi) is 4.52. The molecule has 160 valence electrons. The van der Waals surface area contributed by atoms with Crippen LogP contribution < -0.4 is 9.80 Å². The molecule has 1 amide bonds. The van der Waals surface area contributed by atoms with Crippen molar-refractivity contribution < 1.29 is 9.32 Å². The lowest BCUT2D eigenvalue weighted by Gasteiger charge is -2.28. The summed E-state index contributed by atoms with van der Waals surface area (Å²) in [5.41, 5.74) is 3.12. The number of nitrogens with zero attached hydrogens (tertiary/aromatic N) is 5. The van der Waals surface area contributed by atoms with Gasteiger partial charge < -0.3 is 19.2 Å². The summed E-state index contributed by atoms with van der Waals surface area (Å²) in [5.74, 6) is 2.69. The fourth-order valence-electron chi connectivity index (χ4n) is 5.51. The van der Waals surface area contributed by atoms with Crippen LogP contribution in [-0.4, -0.2) is 54.3 Å². The van der Waals surface area contributed by atoms with Gasteiger partial charge in [0.05, 0.1) is 12.4 Å².